The first-order valence-electron chi connectivity index (χ1n) is 4.96. The molecule has 0 bridgehead atoms. The molecular weight excluding hydrogens is 193 g/mol. The number of nitrogens with one attached hydrogen (secondary N) is 1. The molecule has 0 aromatic heterocycles. The van der Waals surface area contributed by atoms with Gasteiger partial charge in [-0.15, -0.1) is 0 Å². The Balaban J connectivity index is 2.08. The zero-order valence-electron chi connectivity index (χ0n) is 8.99. The van der Waals surface area contributed by atoms with E-state index in [4.69, 9.17) is 20.8 Å². The molecule has 0 amide bonds. The van der Waals surface area contributed by atoms with E-state index in [1.807, 2.05) is 13.8 Å². The van der Waals surface area contributed by atoms with Gasteiger partial charge in [0, 0.05) is 5.70 Å². The van der Waals surface area contributed by atoms with Crippen molar-refractivity contribution in [2.45, 2.75) is 25.6 Å². The van der Waals surface area contributed by atoms with Gasteiger partial charge in [-0.2, -0.15) is 0 Å². The summed E-state index contributed by atoms with van der Waals surface area (Å²) < 4.78 is 11.2. The molecule has 0 aromatic rings. The highest BCUT2D eigenvalue weighted by Gasteiger charge is 2.39. The minimum Gasteiger partial charge on any atom is -0.404 e. The molecule has 5 N–H and O–H groups in total. The van der Waals surface area contributed by atoms with E-state index in [1.54, 1.807) is 12.3 Å². The largest absolute Gasteiger partial charge is 0.495 e. The molecule has 15 heavy (non-hydrogen) atoms. The number of hydrogen-bond donors (Lipinski definition) is 3. The molecule has 1 saturated heterocycles. The summed E-state index contributed by atoms with van der Waals surface area (Å²) in [6, 6.07) is 0. The predicted octanol–water partition coefficient (Wildman–Crippen LogP) is -0.546. The Morgan fingerprint density at radius 2 is 2.33 bits per heavy atom. The van der Waals surface area contributed by atoms with Crippen LogP contribution in [0, 0.1) is 0 Å². The molecule has 6 heteroatoms. The molecule has 0 spiro atoms. The Morgan fingerprint density at radius 3 is 2.87 bits per heavy atom. The molecule has 0 aromatic carbocycles. The Hall–Kier alpha value is -0.975. The van der Waals surface area contributed by atoms with Crippen LogP contribution in [0.25, 0.3) is 0 Å². The Morgan fingerprint density at radius 1 is 1.60 bits per heavy atom. The van der Waals surface area contributed by atoms with Gasteiger partial charge in [0.15, 0.2) is 0 Å². The summed E-state index contributed by atoms with van der Waals surface area (Å²) in [6.07, 6.45) is 3.27. The third-order valence-corrected chi connectivity index (χ3v) is 2.40. The van der Waals surface area contributed by atoms with Crippen LogP contribution in [0.5, 0.6) is 0 Å². The van der Waals surface area contributed by atoms with Gasteiger partial charge in [-0.05, 0) is 31.6 Å². The summed E-state index contributed by atoms with van der Waals surface area (Å²) in [7, 11) is -0.349. The Kier molecular flexibility index (Phi) is 2.50. The van der Waals surface area contributed by atoms with Crippen molar-refractivity contribution in [2.24, 2.45) is 11.5 Å². The molecule has 1 atom stereocenters. The zero-order valence-corrected chi connectivity index (χ0v) is 8.99. The zero-order chi connectivity index (χ0) is 11.1. The number of rotatable bonds is 1. The summed E-state index contributed by atoms with van der Waals surface area (Å²) in [5, 5.41) is 2.95. The molecule has 2 aliphatic rings. The van der Waals surface area contributed by atoms with E-state index >= 15 is 0 Å². The molecule has 1 unspecified atom stereocenters. The normalized spacial score (nSPS) is 29.5. The summed E-state index contributed by atoms with van der Waals surface area (Å²) in [4.78, 5) is 0. The molecule has 0 aliphatic carbocycles. The van der Waals surface area contributed by atoms with Crippen LogP contribution in [0.3, 0.4) is 0 Å². The first-order chi connectivity index (χ1) is 6.98. The van der Waals surface area contributed by atoms with Crippen LogP contribution in [-0.2, 0) is 9.31 Å². The lowest BCUT2D eigenvalue weighted by Gasteiger charge is -2.21. The smallest absolute Gasteiger partial charge is 0.404 e. The van der Waals surface area contributed by atoms with Crippen LogP contribution >= 0.6 is 0 Å². The first-order valence-corrected chi connectivity index (χ1v) is 4.96. The van der Waals surface area contributed by atoms with Crippen molar-refractivity contribution >= 4 is 7.12 Å². The van der Waals surface area contributed by atoms with E-state index < -0.39 is 0 Å². The molecule has 1 fully saturated rings. The lowest BCUT2D eigenvalue weighted by Crippen LogP contribution is -2.42. The fraction of sp³-hybridized carbons (Fsp3) is 0.556. The van der Waals surface area contributed by atoms with E-state index in [1.165, 1.54) is 0 Å². The van der Waals surface area contributed by atoms with Crippen molar-refractivity contribution in [3.63, 3.8) is 0 Å². The lowest BCUT2D eigenvalue weighted by atomic mass is 9.77. The van der Waals surface area contributed by atoms with Crippen molar-refractivity contribution in [3.8, 4) is 0 Å². The molecule has 2 rings (SSSR count). The summed E-state index contributed by atoms with van der Waals surface area (Å²) in [5.41, 5.74) is 12.6. The first kappa shape index (κ1) is 10.5. The maximum absolute atomic E-state index is 5.73. The Labute approximate surface area is 89.6 Å². The van der Waals surface area contributed by atoms with E-state index in [-0.39, 0.29) is 18.9 Å². The van der Waals surface area contributed by atoms with Gasteiger partial charge in [0.05, 0.1) is 12.2 Å². The van der Waals surface area contributed by atoms with Crippen LogP contribution in [0.2, 0.25) is 0 Å². The highest BCUT2D eigenvalue weighted by atomic mass is 16.7. The molecule has 2 heterocycles. The lowest BCUT2D eigenvalue weighted by molar-refractivity contribution is 0.136. The van der Waals surface area contributed by atoms with Gasteiger partial charge in [0.2, 0.25) is 0 Å². The van der Waals surface area contributed by atoms with Crippen molar-refractivity contribution in [3.05, 3.63) is 23.4 Å². The van der Waals surface area contributed by atoms with Gasteiger partial charge in [-0.25, -0.2) is 0 Å². The highest BCUT2D eigenvalue weighted by molar-refractivity contribution is 6.55. The molecular formula is C9H16BN3O2. The average Bonchev–Trinajstić information content (AvgIpc) is 2.51. The van der Waals surface area contributed by atoms with E-state index in [0.29, 0.717) is 12.3 Å². The predicted molar refractivity (Wildman–Crippen MR) is 58.3 cm³/mol. The van der Waals surface area contributed by atoms with Crippen LogP contribution < -0.4 is 16.8 Å². The van der Waals surface area contributed by atoms with E-state index in [2.05, 4.69) is 5.32 Å². The number of allylic oxidation sites excluding steroid dienone is 2. The fourth-order valence-electron chi connectivity index (χ4n) is 1.54. The van der Waals surface area contributed by atoms with Gasteiger partial charge in [0.1, 0.15) is 6.17 Å². The van der Waals surface area contributed by atoms with Crippen molar-refractivity contribution in [1.82, 2.24) is 5.32 Å². The van der Waals surface area contributed by atoms with Crippen molar-refractivity contribution in [1.29, 1.82) is 0 Å². The summed E-state index contributed by atoms with van der Waals surface area (Å²) >= 11 is 0. The average molecular weight is 209 g/mol. The maximum atomic E-state index is 5.73. The third kappa shape index (κ3) is 2.17. The SMILES string of the molecule is CC1(C)COB(C2=CNC(N)C(N)=C2)O1. The third-order valence-electron chi connectivity index (χ3n) is 2.40. The standard InChI is InChI=1S/C9H16BN3O2/c1-9(2)5-14-10(15-9)6-3-7(11)8(12)13-4-6/h3-4,8,13H,5,11-12H2,1-2H3. The molecule has 0 saturated carbocycles. The van der Waals surface area contributed by atoms with Crippen LogP contribution in [0.4, 0.5) is 0 Å². The second kappa shape index (κ2) is 3.55. The fourth-order valence-corrected chi connectivity index (χ4v) is 1.54. The Bertz CT molecular complexity index is 327. The minimum atomic E-state index is -0.349. The van der Waals surface area contributed by atoms with Crippen LogP contribution in [0.1, 0.15) is 13.8 Å². The maximum Gasteiger partial charge on any atom is 0.495 e. The van der Waals surface area contributed by atoms with Gasteiger partial charge < -0.3 is 26.1 Å². The summed E-state index contributed by atoms with van der Waals surface area (Å²) in [6.45, 7) is 4.56. The quantitative estimate of drug-likeness (QED) is 0.505. The van der Waals surface area contributed by atoms with Crippen LogP contribution in [-0.4, -0.2) is 25.5 Å². The number of dihydropyridines is 1. The minimum absolute atomic E-state index is 0.242. The molecule has 82 valence electrons. The van der Waals surface area contributed by atoms with Gasteiger partial charge in [0.25, 0.3) is 0 Å². The van der Waals surface area contributed by atoms with Gasteiger partial charge >= 0.3 is 7.12 Å². The van der Waals surface area contributed by atoms with Gasteiger partial charge in [-0.1, -0.05) is 0 Å². The topological polar surface area (TPSA) is 82.5 Å². The monoisotopic (exact) mass is 209 g/mol. The molecule has 5 nitrogen and oxygen atoms in total. The summed E-state index contributed by atoms with van der Waals surface area (Å²) in [5.74, 6) is 0. The highest BCUT2D eigenvalue weighted by Crippen LogP contribution is 2.24. The van der Waals surface area contributed by atoms with E-state index in [0.717, 1.165) is 5.47 Å². The van der Waals surface area contributed by atoms with E-state index in [9.17, 15) is 0 Å². The molecule has 2 aliphatic heterocycles. The number of nitrogens with two attached hydrogens (primary N) is 2. The van der Waals surface area contributed by atoms with Gasteiger partial charge in [-0.3, -0.25) is 0 Å². The van der Waals surface area contributed by atoms with Crippen molar-refractivity contribution in [2.75, 3.05) is 6.61 Å². The second-order valence-electron chi connectivity index (χ2n) is 4.45. The second-order valence-corrected chi connectivity index (χ2v) is 4.45. The number of hydrogen-bond acceptors (Lipinski definition) is 5. The van der Waals surface area contributed by atoms with Crippen LogP contribution in [0.15, 0.2) is 23.4 Å². The molecule has 0 radical (unpaired) electrons. The van der Waals surface area contributed by atoms with Crippen molar-refractivity contribution < 1.29 is 9.31 Å².